The highest BCUT2D eigenvalue weighted by atomic mass is 35.5. The summed E-state index contributed by atoms with van der Waals surface area (Å²) in [5.41, 5.74) is 1.71. The van der Waals surface area contributed by atoms with Crippen LogP contribution in [0.25, 0.3) is 0 Å². The molecule has 0 saturated heterocycles. The van der Waals surface area contributed by atoms with Crippen LogP contribution in [-0.2, 0) is 9.59 Å². The Hall–Kier alpha value is -1.10. The number of pyridine rings is 1. The summed E-state index contributed by atoms with van der Waals surface area (Å²) in [5.74, 6) is -0.694. The third-order valence-electron chi connectivity index (χ3n) is 3.79. The number of amides is 2. The van der Waals surface area contributed by atoms with E-state index in [1.165, 1.54) is 0 Å². The molecule has 1 aromatic rings. The van der Waals surface area contributed by atoms with Crippen molar-refractivity contribution < 1.29 is 9.59 Å². The SMILES string of the molecule is Cc1nc(Cl)c(Cl)c(N2C(=O)C3=C(CCCC3)C2=O)c1Cl. The third-order valence-corrected chi connectivity index (χ3v) is 4.98. The van der Waals surface area contributed by atoms with Crippen LogP contribution >= 0.6 is 34.8 Å². The third kappa shape index (κ3) is 2.17. The minimum absolute atomic E-state index is 0.0220. The van der Waals surface area contributed by atoms with Gasteiger partial charge in [0.2, 0.25) is 0 Å². The van der Waals surface area contributed by atoms with Gasteiger partial charge in [0.25, 0.3) is 11.8 Å². The average molecular weight is 346 g/mol. The lowest BCUT2D eigenvalue weighted by Crippen LogP contribution is -2.32. The van der Waals surface area contributed by atoms with E-state index in [0.29, 0.717) is 29.7 Å². The van der Waals surface area contributed by atoms with Gasteiger partial charge in [0.15, 0.2) is 0 Å². The Morgan fingerprint density at radius 1 is 0.952 bits per heavy atom. The van der Waals surface area contributed by atoms with E-state index in [1.54, 1.807) is 6.92 Å². The van der Waals surface area contributed by atoms with Crippen molar-refractivity contribution in [3.63, 3.8) is 0 Å². The number of anilines is 1. The standard InChI is InChI=1S/C14H11Cl3N2O2/c1-6-9(15)11(10(16)12(17)18-6)19-13(20)7-4-2-3-5-8(7)14(19)21/h2-5H2,1H3. The molecule has 0 spiro atoms. The molecule has 0 unspecified atom stereocenters. The zero-order valence-corrected chi connectivity index (χ0v) is 13.4. The lowest BCUT2D eigenvalue weighted by Gasteiger charge is -2.19. The van der Waals surface area contributed by atoms with Gasteiger partial charge in [-0.05, 0) is 32.6 Å². The molecule has 1 aliphatic heterocycles. The maximum Gasteiger partial charge on any atom is 0.261 e. The molecule has 3 rings (SSSR count). The second-order valence-corrected chi connectivity index (χ2v) is 6.19. The van der Waals surface area contributed by atoms with Crippen LogP contribution in [0.1, 0.15) is 31.4 Å². The second-order valence-electron chi connectivity index (χ2n) is 5.07. The van der Waals surface area contributed by atoms with Gasteiger partial charge in [0.1, 0.15) is 10.2 Å². The number of aryl methyl sites for hydroxylation is 1. The van der Waals surface area contributed by atoms with Gasteiger partial charge >= 0.3 is 0 Å². The maximum absolute atomic E-state index is 12.5. The van der Waals surface area contributed by atoms with Crippen molar-refractivity contribution in [3.8, 4) is 0 Å². The van der Waals surface area contributed by atoms with E-state index in [0.717, 1.165) is 17.7 Å². The summed E-state index contributed by atoms with van der Waals surface area (Å²) in [4.78, 5) is 30.1. The van der Waals surface area contributed by atoms with Crippen molar-refractivity contribution in [2.75, 3.05) is 4.90 Å². The number of aromatic nitrogens is 1. The van der Waals surface area contributed by atoms with E-state index >= 15 is 0 Å². The molecule has 1 aliphatic carbocycles. The number of halogens is 3. The number of rotatable bonds is 1. The summed E-state index contributed by atoms with van der Waals surface area (Å²) in [6, 6.07) is 0. The van der Waals surface area contributed by atoms with Crippen molar-refractivity contribution in [1.29, 1.82) is 0 Å². The summed E-state index contributed by atoms with van der Waals surface area (Å²) in [7, 11) is 0. The van der Waals surface area contributed by atoms with Crippen LogP contribution < -0.4 is 4.90 Å². The van der Waals surface area contributed by atoms with Crippen LogP contribution in [-0.4, -0.2) is 16.8 Å². The van der Waals surface area contributed by atoms with Gasteiger partial charge in [-0.2, -0.15) is 0 Å². The Morgan fingerprint density at radius 2 is 1.48 bits per heavy atom. The van der Waals surface area contributed by atoms with Gasteiger partial charge in [-0.25, -0.2) is 9.88 Å². The molecule has 110 valence electrons. The Labute approximate surface area is 136 Å². The van der Waals surface area contributed by atoms with Crippen molar-refractivity contribution in [2.24, 2.45) is 0 Å². The summed E-state index contributed by atoms with van der Waals surface area (Å²) in [5, 5.41) is 0.221. The van der Waals surface area contributed by atoms with Crippen molar-refractivity contribution in [2.45, 2.75) is 32.6 Å². The molecule has 4 nitrogen and oxygen atoms in total. The summed E-state index contributed by atoms with van der Waals surface area (Å²) in [6.07, 6.45) is 3.04. The second kappa shape index (κ2) is 5.27. The van der Waals surface area contributed by atoms with Crippen molar-refractivity contribution in [3.05, 3.63) is 32.0 Å². The fourth-order valence-electron chi connectivity index (χ4n) is 2.75. The smallest absolute Gasteiger partial charge is 0.261 e. The molecule has 7 heteroatoms. The predicted molar refractivity (Wildman–Crippen MR) is 82.0 cm³/mol. The maximum atomic E-state index is 12.5. The Morgan fingerprint density at radius 3 is 2.00 bits per heavy atom. The first kappa shape index (κ1) is 14.8. The molecule has 1 aromatic heterocycles. The fourth-order valence-corrected chi connectivity index (χ4v) is 3.46. The molecule has 0 radical (unpaired) electrons. The average Bonchev–Trinajstić information content (AvgIpc) is 2.71. The Balaban J connectivity index is 2.16. The number of hydrogen-bond acceptors (Lipinski definition) is 3. The molecular formula is C14H11Cl3N2O2. The summed E-state index contributed by atoms with van der Waals surface area (Å²) >= 11 is 18.3. The molecule has 21 heavy (non-hydrogen) atoms. The van der Waals surface area contributed by atoms with E-state index in [9.17, 15) is 9.59 Å². The number of imide groups is 1. The van der Waals surface area contributed by atoms with Gasteiger partial charge in [-0.1, -0.05) is 34.8 Å². The lowest BCUT2D eigenvalue weighted by molar-refractivity contribution is -0.120. The number of carbonyl (C=O) groups excluding carboxylic acids is 2. The zero-order valence-electron chi connectivity index (χ0n) is 11.2. The molecule has 2 aliphatic rings. The molecule has 0 N–H and O–H groups in total. The van der Waals surface area contributed by atoms with Crippen molar-refractivity contribution >= 4 is 52.3 Å². The summed E-state index contributed by atoms with van der Waals surface area (Å²) in [6.45, 7) is 1.65. The number of hydrogen-bond donors (Lipinski definition) is 0. The predicted octanol–water partition coefficient (Wildman–Crippen LogP) is 4.09. The van der Waals surface area contributed by atoms with Gasteiger partial charge in [-0.15, -0.1) is 0 Å². The molecule has 0 aromatic carbocycles. The van der Waals surface area contributed by atoms with Gasteiger partial charge in [0, 0.05) is 11.1 Å². The Bertz CT molecular complexity index is 658. The van der Waals surface area contributed by atoms with Gasteiger partial charge < -0.3 is 0 Å². The monoisotopic (exact) mass is 344 g/mol. The van der Waals surface area contributed by atoms with Crippen molar-refractivity contribution in [1.82, 2.24) is 4.98 Å². The van der Waals surface area contributed by atoms with Crippen LogP contribution in [0.3, 0.4) is 0 Å². The molecule has 2 heterocycles. The zero-order chi connectivity index (χ0) is 15.3. The van der Waals surface area contributed by atoms with E-state index in [4.69, 9.17) is 34.8 Å². The normalized spacial score (nSPS) is 18.6. The highest BCUT2D eigenvalue weighted by Crippen LogP contribution is 2.44. The molecule has 0 atom stereocenters. The van der Waals surface area contributed by atoms with E-state index in [2.05, 4.69) is 4.98 Å². The van der Waals surface area contributed by atoms with E-state index < -0.39 is 0 Å². The molecule has 0 saturated carbocycles. The van der Waals surface area contributed by atoms with Crippen LogP contribution in [0.15, 0.2) is 11.1 Å². The molecule has 2 amide bonds. The fraction of sp³-hybridized carbons (Fsp3) is 0.357. The van der Waals surface area contributed by atoms with Gasteiger partial charge in [0.05, 0.1) is 16.4 Å². The van der Waals surface area contributed by atoms with Crippen LogP contribution in [0.5, 0.6) is 0 Å². The largest absolute Gasteiger partial charge is 0.269 e. The van der Waals surface area contributed by atoms with E-state index in [1.807, 2.05) is 0 Å². The number of nitrogens with zero attached hydrogens (tertiary/aromatic N) is 2. The Kier molecular flexibility index (Phi) is 3.72. The first-order chi connectivity index (χ1) is 9.93. The minimum atomic E-state index is -0.347. The first-order valence-electron chi connectivity index (χ1n) is 6.55. The molecule has 0 fully saturated rings. The van der Waals surface area contributed by atoms with Crippen LogP contribution in [0, 0.1) is 6.92 Å². The topological polar surface area (TPSA) is 50.3 Å². The number of carbonyl (C=O) groups is 2. The van der Waals surface area contributed by atoms with Crippen LogP contribution in [0.2, 0.25) is 15.2 Å². The molecule has 0 bridgehead atoms. The minimum Gasteiger partial charge on any atom is -0.269 e. The van der Waals surface area contributed by atoms with Crippen LogP contribution in [0.4, 0.5) is 5.69 Å². The lowest BCUT2D eigenvalue weighted by atomic mass is 9.93. The first-order valence-corrected chi connectivity index (χ1v) is 7.68. The quantitative estimate of drug-likeness (QED) is 0.569. The van der Waals surface area contributed by atoms with Gasteiger partial charge in [-0.3, -0.25) is 9.59 Å². The highest BCUT2D eigenvalue weighted by Gasteiger charge is 2.42. The highest BCUT2D eigenvalue weighted by molar-refractivity contribution is 6.48. The summed E-state index contributed by atoms with van der Waals surface area (Å²) < 4.78 is 0. The molecular weight excluding hydrogens is 335 g/mol. The van der Waals surface area contributed by atoms with E-state index in [-0.39, 0.29) is 32.7 Å².